The van der Waals surface area contributed by atoms with Crippen LogP contribution in [0.3, 0.4) is 0 Å². The number of ether oxygens (including phenoxy) is 1. The molecule has 1 saturated heterocycles. The molecule has 2 N–H and O–H groups in total. The highest BCUT2D eigenvalue weighted by atomic mass is 16.5. The molecule has 0 aromatic heterocycles. The average Bonchev–Trinajstić information content (AvgIpc) is 2.91. The highest BCUT2D eigenvalue weighted by Gasteiger charge is 2.22. The van der Waals surface area contributed by atoms with E-state index in [1.54, 1.807) is 31.2 Å². The van der Waals surface area contributed by atoms with Crippen LogP contribution in [0.25, 0.3) is 0 Å². The summed E-state index contributed by atoms with van der Waals surface area (Å²) in [5, 5.41) is 11.8. The summed E-state index contributed by atoms with van der Waals surface area (Å²) >= 11 is 0. The first-order chi connectivity index (χ1) is 10.5. The van der Waals surface area contributed by atoms with E-state index in [0.717, 1.165) is 24.8 Å². The van der Waals surface area contributed by atoms with E-state index in [4.69, 9.17) is 9.84 Å². The minimum atomic E-state index is -0.859. The highest BCUT2D eigenvalue weighted by Crippen LogP contribution is 2.23. The summed E-state index contributed by atoms with van der Waals surface area (Å²) in [7, 11) is 0. The molecule has 22 heavy (non-hydrogen) atoms. The predicted molar refractivity (Wildman–Crippen MR) is 83.9 cm³/mol. The van der Waals surface area contributed by atoms with Gasteiger partial charge in [0.2, 0.25) is 5.91 Å². The summed E-state index contributed by atoms with van der Waals surface area (Å²) in [5.74, 6) is -1.45. The Bertz CT molecular complexity index is 526. The number of hydrogen-bond donors (Lipinski definition) is 2. The van der Waals surface area contributed by atoms with Gasteiger partial charge in [0, 0.05) is 12.1 Å². The molecule has 0 bridgehead atoms. The Hall–Kier alpha value is -1.88. The standard InChI is InChI=1S/C17H23NO4/c1-11-3-8-15(22-11)9-10-16(19)18-14-6-4-13(5-7-14)12(2)17(20)21/h4-7,11-12,15H,3,8-10H2,1-2H3,(H,18,19)(H,20,21). The lowest BCUT2D eigenvalue weighted by molar-refractivity contribution is -0.138. The number of carboxylic acids is 1. The van der Waals surface area contributed by atoms with Crippen molar-refractivity contribution in [2.45, 2.75) is 57.7 Å². The molecule has 2 rings (SSSR count). The Kier molecular flexibility index (Phi) is 5.55. The molecule has 0 radical (unpaired) electrons. The number of aliphatic carboxylic acids is 1. The second-order valence-corrected chi connectivity index (χ2v) is 5.91. The van der Waals surface area contributed by atoms with E-state index >= 15 is 0 Å². The van der Waals surface area contributed by atoms with E-state index in [2.05, 4.69) is 12.2 Å². The summed E-state index contributed by atoms with van der Waals surface area (Å²) in [5.41, 5.74) is 1.41. The zero-order valence-corrected chi connectivity index (χ0v) is 13.0. The number of benzene rings is 1. The van der Waals surface area contributed by atoms with Crippen molar-refractivity contribution in [3.8, 4) is 0 Å². The minimum Gasteiger partial charge on any atom is -0.481 e. The van der Waals surface area contributed by atoms with Crippen molar-refractivity contribution in [3.63, 3.8) is 0 Å². The van der Waals surface area contributed by atoms with Crippen LogP contribution >= 0.6 is 0 Å². The largest absolute Gasteiger partial charge is 0.481 e. The molecule has 1 heterocycles. The SMILES string of the molecule is CC1CCC(CCC(=O)Nc2ccc(C(C)C(=O)O)cc2)O1. The van der Waals surface area contributed by atoms with Crippen molar-refractivity contribution in [3.05, 3.63) is 29.8 Å². The molecule has 0 saturated carbocycles. The molecule has 1 aromatic carbocycles. The first-order valence-electron chi connectivity index (χ1n) is 7.73. The summed E-state index contributed by atoms with van der Waals surface area (Å²) in [6, 6.07) is 6.94. The van der Waals surface area contributed by atoms with Gasteiger partial charge >= 0.3 is 5.97 Å². The lowest BCUT2D eigenvalue weighted by Crippen LogP contribution is -2.16. The lowest BCUT2D eigenvalue weighted by Gasteiger charge is -2.11. The zero-order valence-electron chi connectivity index (χ0n) is 13.0. The van der Waals surface area contributed by atoms with Crippen molar-refractivity contribution in [1.82, 2.24) is 0 Å². The number of rotatable bonds is 6. The molecule has 1 amide bonds. The molecule has 1 aliphatic rings. The van der Waals surface area contributed by atoms with Crippen molar-refractivity contribution in [1.29, 1.82) is 0 Å². The molecular weight excluding hydrogens is 282 g/mol. The number of anilines is 1. The highest BCUT2D eigenvalue weighted by molar-refractivity contribution is 5.90. The number of hydrogen-bond acceptors (Lipinski definition) is 3. The van der Waals surface area contributed by atoms with Crippen LogP contribution in [0.4, 0.5) is 5.69 Å². The van der Waals surface area contributed by atoms with Crippen molar-refractivity contribution >= 4 is 17.6 Å². The van der Waals surface area contributed by atoms with Crippen LogP contribution in [0, 0.1) is 0 Å². The molecule has 1 aliphatic heterocycles. The van der Waals surface area contributed by atoms with Gasteiger partial charge in [0.1, 0.15) is 0 Å². The monoisotopic (exact) mass is 305 g/mol. The zero-order chi connectivity index (χ0) is 16.1. The van der Waals surface area contributed by atoms with Crippen molar-refractivity contribution in [2.75, 3.05) is 5.32 Å². The van der Waals surface area contributed by atoms with Crippen molar-refractivity contribution in [2.24, 2.45) is 0 Å². The third kappa shape index (κ3) is 4.56. The van der Waals surface area contributed by atoms with E-state index in [9.17, 15) is 9.59 Å². The Morgan fingerprint density at radius 2 is 2.00 bits per heavy atom. The fourth-order valence-corrected chi connectivity index (χ4v) is 2.61. The quantitative estimate of drug-likeness (QED) is 0.846. The number of carboxylic acid groups (broad SMARTS) is 1. The first-order valence-corrected chi connectivity index (χ1v) is 7.73. The van der Waals surface area contributed by atoms with Crippen LogP contribution in [-0.2, 0) is 14.3 Å². The lowest BCUT2D eigenvalue weighted by atomic mass is 10.0. The maximum Gasteiger partial charge on any atom is 0.310 e. The fraction of sp³-hybridized carbons (Fsp3) is 0.529. The second-order valence-electron chi connectivity index (χ2n) is 5.91. The minimum absolute atomic E-state index is 0.0396. The Balaban J connectivity index is 1.80. The first kappa shape index (κ1) is 16.5. The van der Waals surface area contributed by atoms with E-state index in [1.807, 2.05) is 0 Å². The van der Waals surface area contributed by atoms with Gasteiger partial charge in [-0.1, -0.05) is 12.1 Å². The van der Waals surface area contributed by atoms with Gasteiger partial charge in [0.25, 0.3) is 0 Å². The van der Waals surface area contributed by atoms with Crippen LogP contribution in [-0.4, -0.2) is 29.2 Å². The number of nitrogens with one attached hydrogen (secondary N) is 1. The van der Waals surface area contributed by atoms with Gasteiger partial charge in [-0.05, 0) is 50.8 Å². The third-order valence-corrected chi connectivity index (χ3v) is 4.08. The fourth-order valence-electron chi connectivity index (χ4n) is 2.61. The summed E-state index contributed by atoms with van der Waals surface area (Å²) in [6.07, 6.45) is 3.76. The maximum atomic E-state index is 11.9. The number of amides is 1. The van der Waals surface area contributed by atoms with Gasteiger partial charge in [-0.2, -0.15) is 0 Å². The Morgan fingerprint density at radius 1 is 1.32 bits per heavy atom. The molecule has 3 unspecified atom stereocenters. The normalized spacial score (nSPS) is 22.3. The van der Waals surface area contributed by atoms with E-state index in [1.165, 1.54) is 0 Å². The van der Waals surface area contributed by atoms with Crippen LogP contribution in [0.5, 0.6) is 0 Å². The molecule has 5 nitrogen and oxygen atoms in total. The smallest absolute Gasteiger partial charge is 0.310 e. The predicted octanol–water partition coefficient (Wildman–Crippen LogP) is 3.16. The van der Waals surface area contributed by atoms with E-state index in [-0.39, 0.29) is 12.0 Å². The molecule has 1 fully saturated rings. The molecular formula is C17H23NO4. The number of carbonyl (C=O) groups excluding carboxylic acids is 1. The number of carbonyl (C=O) groups is 2. The third-order valence-electron chi connectivity index (χ3n) is 4.08. The van der Waals surface area contributed by atoms with Crippen LogP contribution in [0.2, 0.25) is 0 Å². The second kappa shape index (κ2) is 7.40. The molecule has 3 atom stereocenters. The van der Waals surface area contributed by atoms with Gasteiger partial charge in [0.15, 0.2) is 0 Å². The van der Waals surface area contributed by atoms with E-state index < -0.39 is 11.9 Å². The molecule has 0 aliphatic carbocycles. The Labute approximate surface area is 130 Å². The van der Waals surface area contributed by atoms with Crippen LogP contribution in [0.1, 0.15) is 51.0 Å². The van der Waals surface area contributed by atoms with Crippen molar-refractivity contribution < 1.29 is 19.4 Å². The Morgan fingerprint density at radius 3 is 2.55 bits per heavy atom. The van der Waals surface area contributed by atoms with Gasteiger partial charge in [-0.3, -0.25) is 9.59 Å². The molecule has 1 aromatic rings. The summed E-state index contributed by atoms with van der Waals surface area (Å²) in [4.78, 5) is 22.8. The summed E-state index contributed by atoms with van der Waals surface area (Å²) in [6.45, 7) is 3.69. The van der Waals surface area contributed by atoms with Crippen LogP contribution < -0.4 is 5.32 Å². The van der Waals surface area contributed by atoms with Crippen LogP contribution in [0.15, 0.2) is 24.3 Å². The molecule has 120 valence electrons. The maximum absolute atomic E-state index is 11.9. The topological polar surface area (TPSA) is 75.6 Å². The molecule has 0 spiro atoms. The van der Waals surface area contributed by atoms with Gasteiger partial charge in [0.05, 0.1) is 18.1 Å². The van der Waals surface area contributed by atoms with Gasteiger partial charge in [-0.25, -0.2) is 0 Å². The molecule has 5 heteroatoms. The van der Waals surface area contributed by atoms with Gasteiger partial charge < -0.3 is 15.2 Å². The van der Waals surface area contributed by atoms with E-state index in [0.29, 0.717) is 18.2 Å². The summed E-state index contributed by atoms with van der Waals surface area (Å²) < 4.78 is 5.69. The van der Waals surface area contributed by atoms with Gasteiger partial charge in [-0.15, -0.1) is 0 Å². The average molecular weight is 305 g/mol.